The van der Waals surface area contributed by atoms with Crippen LogP contribution in [0.15, 0.2) is 23.4 Å². The van der Waals surface area contributed by atoms with Crippen molar-refractivity contribution in [1.82, 2.24) is 9.97 Å². The smallest absolute Gasteiger partial charge is 0.341 e. The van der Waals surface area contributed by atoms with Gasteiger partial charge in [-0.15, -0.1) is 11.3 Å². The van der Waals surface area contributed by atoms with Crippen LogP contribution in [-0.2, 0) is 22.4 Å². The molecule has 0 radical (unpaired) electrons. The lowest BCUT2D eigenvalue weighted by Crippen LogP contribution is -2.23. The van der Waals surface area contributed by atoms with Gasteiger partial charge in [0.2, 0.25) is 5.91 Å². The summed E-state index contributed by atoms with van der Waals surface area (Å²) < 4.78 is 10.8. The lowest BCUT2D eigenvalue weighted by atomic mass is 9.88. The van der Waals surface area contributed by atoms with Crippen molar-refractivity contribution in [3.63, 3.8) is 0 Å². The van der Waals surface area contributed by atoms with Crippen molar-refractivity contribution in [2.75, 3.05) is 18.5 Å². The van der Waals surface area contributed by atoms with E-state index >= 15 is 0 Å². The summed E-state index contributed by atoms with van der Waals surface area (Å²) in [6, 6.07) is 5.69. The van der Waals surface area contributed by atoms with Gasteiger partial charge in [-0.05, 0) is 63.6 Å². The molecule has 4 rings (SSSR count). The van der Waals surface area contributed by atoms with Gasteiger partial charge in [-0.25, -0.2) is 9.78 Å². The van der Waals surface area contributed by atoms with Crippen LogP contribution in [0.3, 0.4) is 0 Å². The Kier molecular flexibility index (Phi) is 7.29. The van der Waals surface area contributed by atoms with Crippen molar-refractivity contribution in [2.45, 2.75) is 57.4 Å². The number of thioether (sulfide) groups is 1. The zero-order valence-corrected chi connectivity index (χ0v) is 21.0. The van der Waals surface area contributed by atoms with Crippen LogP contribution in [0, 0.1) is 5.92 Å². The average Bonchev–Trinajstić information content (AvgIpc) is 3.33. The Morgan fingerprint density at radius 3 is 2.91 bits per heavy atom. The quantitative estimate of drug-likeness (QED) is 0.324. The number of aromatic amines is 1. The zero-order chi connectivity index (χ0) is 23.5. The molecule has 3 aromatic rings. The number of fused-ring (bicyclic) bond motifs is 2. The number of nitrogens with zero attached hydrogens (tertiary/aromatic N) is 1. The lowest BCUT2D eigenvalue weighted by molar-refractivity contribution is -0.115. The number of imidazole rings is 1. The number of hydrogen-bond acceptors (Lipinski definition) is 7. The first-order valence-corrected chi connectivity index (χ1v) is 13.0. The number of rotatable bonds is 8. The third-order valence-corrected chi connectivity index (χ3v) is 7.78. The molecule has 2 N–H and O–H groups in total. The molecular weight excluding hydrogens is 458 g/mol. The van der Waals surface area contributed by atoms with Gasteiger partial charge in [0.15, 0.2) is 5.16 Å². The van der Waals surface area contributed by atoms with Crippen molar-refractivity contribution < 1.29 is 19.1 Å². The number of amides is 1. The molecule has 2 aromatic heterocycles. The van der Waals surface area contributed by atoms with Crippen molar-refractivity contribution in [3.8, 4) is 5.75 Å². The highest BCUT2D eigenvalue weighted by Gasteiger charge is 2.30. The molecule has 176 valence electrons. The van der Waals surface area contributed by atoms with Gasteiger partial charge in [0.1, 0.15) is 10.8 Å². The first-order chi connectivity index (χ1) is 15.9. The Morgan fingerprint density at radius 2 is 2.15 bits per heavy atom. The Hall–Kier alpha value is -2.52. The van der Waals surface area contributed by atoms with E-state index in [9.17, 15) is 9.59 Å². The summed E-state index contributed by atoms with van der Waals surface area (Å²) in [5.74, 6) is 0.814. The minimum Gasteiger partial charge on any atom is -0.494 e. The average molecular weight is 488 g/mol. The minimum absolute atomic E-state index is 0.173. The van der Waals surface area contributed by atoms with Crippen LogP contribution >= 0.6 is 23.1 Å². The summed E-state index contributed by atoms with van der Waals surface area (Å²) in [6.07, 6.45) is 2.80. The van der Waals surface area contributed by atoms with Gasteiger partial charge in [-0.2, -0.15) is 0 Å². The molecule has 0 saturated heterocycles. The summed E-state index contributed by atoms with van der Waals surface area (Å²) in [7, 11) is 0. The number of anilines is 1. The summed E-state index contributed by atoms with van der Waals surface area (Å²) in [5, 5.41) is 3.84. The van der Waals surface area contributed by atoms with Crippen molar-refractivity contribution in [3.05, 3.63) is 34.2 Å². The first-order valence-electron chi connectivity index (χ1n) is 11.3. The summed E-state index contributed by atoms with van der Waals surface area (Å²) in [4.78, 5) is 34.7. The molecule has 1 amide bonds. The van der Waals surface area contributed by atoms with Crippen LogP contribution < -0.4 is 10.1 Å². The number of carbonyl (C=O) groups is 2. The highest BCUT2D eigenvalue weighted by atomic mass is 32.2. The Labute approximate surface area is 201 Å². The number of nitrogens with one attached hydrogen (secondary N) is 2. The molecule has 0 fully saturated rings. The standard InChI is InChI=1S/C24H29N3O4S2/c1-5-30-15-8-10-17-18(12-15)26-24(25-17)32-14(4)21(28)27-22-20(23(29)31-6-2)16-9-7-13(3)11-19(16)33-22/h8,10,12-14H,5-7,9,11H2,1-4H3,(H,25,26)(H,27,28)/t13-,14+/m1/s1. The summed E-state index contributed by atoms with van der Waals surface area (Å²) in [5.41, 5.74) is 3.25. The van der Waals surface area contributed by atoms with E-state index in [1.165, 1.54) is 28.0 Å². The van der Waals surface area contributed by atoms with E-state index in [1.54, 1.807) is 6.92 Å². The predicted molar refractivity (Wildman–Crippen MR) is 133 cm³/mol. The molecule has 2 heterocycles. The van der Waals surface area contributed by atoms with E-state index in [4.69, 9.17) is 9.47 Å². The highest BCUT2D eigenvalue weighted by Crippen LogP contribution is 2.40. The van der Waals surface area contributed by atoms with Crippen LogP contribution in [0.4, 0.5) is 5.00 Å². The van der Waals surface area contributed by atoms with E-state index in [0.29, 0.717) is 34.9 Å². The van der Waals surface area contributed by atoms with E-state index in [0.717, 1.165) is 41.6 Å². The second kappa shape index (κ2) is 10.2. The number of benzene rings is 1. The largest absolute Gasteiger partial charge is 0.494 e. The number of hydrogen-bond donors (Lipinski definition) is 2. The molecule has 1 aliphatic rings. The van der Waals surface area contributed by atoms with Gasteiger partial charge in [-0.3, -0.25) is 4.79 Å². The normalized spacial score (nSPS) is 16.3. The molecule has 1 aliphatic carbocycles. The molecule has 33 heavy (non-hydrogen) atoms. The van der Waals surface area contributed by atoms with Crippen LogP contribution in [-0.4, -0.2) is 40.3 Å². The maximum atomic E-state index is 13.0. The fraction of sp³-hybridized carbons (Fsp3) is 0.458. The molecule has 1 aromatic carbocycles. The maximum Gasteiger partial charge on any atom is 0.341 e. The van der Waals surface area contributed by atoms with E-state index in [2.05, 4.69) is 22.2 Å². The van der Waals surface area contributed by atoms with Crippen molar-refractivity contribution in [1.29, 1.82) is 0 Å². The lowest BCUT2D eigenvalue weighted by Gasteiger charge is -2.18. The fourth-order valence-electron chi connectivity index (χ4n) is 3.97. The van der Waals surface area contributed by atoms with Gasteiger partial charge in [0.05, 0.1) is 35.1 Å². The molecule has 0 spiro atoms. The second-order valence-electron chi connectivity index (χ2n) is 8.18. The molecule has 2 atom stereocenters. The zero-order valence-electron chi connectivity index (χ0n) is 19.3. The third kappa shape index (κ3) is 5.19. The Morgan fingerprint density at radius 1 is 1.33 bits per heavy atom. The molecule has 9 heteroatoms. The van der Waals surface area contributed by atoms with Crippen LogP contribution in [0.1, 0.15) is 54.9 Å². The SMILES string of the molecule is CCOC(=O)c1c(NC(=O)[C@H](C)Sc2nc3ccc(OCC)cc3[nH]2)sc2c1CC[C@@H](C)C2. The molecule has 0 saturated carbocycles. The second-order valence-corrected chi connectivity index (χ2v) is 10.6. The fourth-order valence-corrected chi connectivity index (χ4v) is 6.19. The highest BCUT2D eigenvalue weighted by molar-refractivity contribution is 8.00. The van der Waals surface area contributed by atoms with E-state index in [-0.39, 0.29) is 11.9 Å². The van der Waals surface area contributed by atoms with Crippen molar-refractivity contribution >= 4 is 51.0 Å². The first kappa shape index (κ1) is 23.6. The van der Waals surface area contributed by atoms with Gasteiger partial charge in [0, 0.05) is 10.9 Å². The van der Waals surface area contributed by atoms with Gasteiger partial charge >= 0.3 is 5.97 Å². The summed E-state index contributed by atoms with van der Waals surface area (Å²) in [6.45, 7) is 8.68. The van der Waals surface area contributed by atoms with Crippen molar-refractivity contribution in [2.24, 2.45) is 5.92 Å². The number of esters is 1. The van der Waals surface area contributed by atoms with Gasteiger partial charge in [-0.1, -0.05) is 18.7 Å². The van der Waals surface area contributed by atoms with Gasteiger partial charge < -0.3 is 19.8 Å². The van der Waals surface area contributed by atoms with E-state index < -0.39 is 5.25 Å². The number of carbonyl (C=O) groups excluding carboxylic acids is 2. The topological polar surface area (TPSA) is 93.3 Å². The Bertz CT molecular complexity index is 1170. The van der Waals surface area contributed by atoms with Crippen LogP contribution in [0.25, 0.3) is 11.0 Å². The molecule has 0 bridgehead atoms. The van der Waals surface area contributed by atoms with E-state index in [1.807, 2.05) is 32.0 Å². The number of H-pyrrole nitrogens is 1. The minimum atomic E-state index is -0.412. The maximum absolute atomic E-state index is 13.0. The monoisotopic (exact) mass is 487 g/mol. The molecular formula is C24H29N3O4S2. The van der Waals surface area contributed by atoms with Crippen LogP contribution in [0.2, 0.25) is 0 Å². The molecule has 7 nitrogen and oxygen atoms in total. The number of aromatic nitrogens is 2. The number of thiophene rings is 1. The molecule has 0 aliphatic heterocycles. The van der Waals surface area contributed by atoms with Crippen LogP contribution in [0.5, 0.6) is 5.75 Å². The van der Waals surface area contributed by atoms with Gasteiger partial charge in [0.25, 0.3) is 0 Å². The predicted octanol–water partition coefficient (Wildman–Crippen LogP) is 5.44. The Balaban J connectivity index is 1.51. The number of ether oxygens (including phenoxy) is 2. The molecule has 0 unspecified atom stereocenters. The summed E-state index contributed by atoms with van der Waals surface area (Å²) >= 11 is 2.85. The third-order valence-electron chi connectivity index (χ3n) is 5.63.